The molecule has 0 bridgehead atoms. The number of ether oxygens (including phenoxy) is 4. The summed E-state index contributed by atoms with van der Waals surface area (Å²) in [6, 6.07) is 17.5. The molecule has 266 valence electrons. The monoisotopic (exact) mass is 684 g/mol. The van der Waals surface area contributed by atoms with Crippen LogP contribution in [0.4, 0.5) is 0 Å². The van der Waals surface area contributed by atoms with Crippen molar-refractivity contribution in [2.45, 2.75) is 76.9 Å². The first-order chi connectivity index (χ1) is 24.1. The predicted molar refractivity (Wildman–Crippen MR) is 188 cm³/mol. The fraction of sp³-hybridized carbons (Fsp3) is 0.463. The number of rotatable bonds is 9. The van der Waals surface area contributed by atoms with Crippen LogP contribution in [0.15, 0.2) is 60.7 Å². The summed E-state index contributed by atoms with van der Waals surface area (Å²) in [4.78, 5) is 25.5. The highest BCUT2D eigenvalue weighted by Crippen LogP contribution is 2.62. The highest BCUT2D eigenvalue weighted by atomic mass is 16.6. The second-order valence-corrected chi connectivity index (χ2v) is 14.2. The van der Waals surface area contributed by atoms with Gasteiger partial charge >= 0.3 is 11.9 Å². The molecule has 0 aliphatic heterocycles. The first kappa shape index (κ1) is 35.3. The van der Waals surface area contributed by atoms with Gasteiger partial charge in [0.05, 0.1) is 14.2 Å². The molecule has 3 aromatic carbocycles. The Kier molecular flexibility index (Phi) is 10.4. The van der Waals surface area contributed by atoms with Gasteiger partial charge in [0.2, 0.25) is 0 Å². The second kappa shape index (κ2) is 14.8. The van der Waals surface area contributed by atoms with Crippen molar-refractivity contribution in [3.63, 3.8) is 0 Å². The van der Waals surface area contributed by atoms with Crippen LogP contribution in [0.1, 0.15) is 73.3 Å². The minimum atomic E-state index is -0.626. The summed E-state index contributed by atoms with van der Waals surface area (Å²) in [5, 5.41) is 32.1. The highest BCUT2D eigenvalue weighted by molar-refractivity contribution is 5.67. The van der Waals surface area contributed by atoms with E-state index in [0.717, 1.165) is 27.8 Å². The average molecular weight is 685 g/mol. The SMILES string of the molecule is COc1cc2c(cc1O)CC1(C=Cc3ccccc3)C(C2)C(OC(C)=O)CC(OC(C)=O)CC2c3cc(OC)c(O)cc3CC(CCCO)C21. The summed E-state index contributed by atoms with van der Waals surface area (Å²) in [6.45, 7) is 2.86. The van der Waals surface area contributed by atoms with E-state index in [4.69, 9.17) is 18.9 Å². The molecular weight excluding hydrogens is 636 g/mol. The maximum Gasteiger partial charge on any atom is 0.302 e. The van der Waals surface area contributed by atoms with Gasteiger partial charge in [-0.05, 0) is 108 Å². The number of methoxy groups -OCH3 is 2. The summed E-state index contributed by atoms with van der Waals surface area (Å²) < 4.78 is 23.5. The molecule has 1 fully saturated rings. The van der Waals surface area contributed by atoms with E-state index in [1.807, 2.05) is 30.3 Å². The van der Waals surface area contributed by atoms with Crippen molar-refractivity contribution in [1.82, 2.24) is 0 Å². The summed E-state index contributed by atoms with van der Waals surface area (Å²) in [7, 11) is 3.06. The Morgan fingerprint density at radius 2 is 1.54 bits per heavy atom. The molecule has 3 aliphatic carbocycles. The molecule has 9 heteroatoms. The zero-order chi connectivity index (χ0) is 35.6. The van der Waals surface area contributed by atoms with Crippen molar-refractivity contribution >= 4 is 18.0 Å². The van der Waals surface area contributed by atoms with Crippen LogP contribution in [0.5, 0.6) is 23.0 Å². The van der Waals surface area contributed by atoms with E-state index < -0.39 is 29.6 Å². The van der Waals surface area contributed by atoms with Crippen molar-refractivity contribution in [3.05, 3.63) is 88.5 Å². The number of allylic oxidation sites excluding steroid dienone is 1. The number of hydrogen-bond donors (Lipinski definition) is 3. The molecule has 3 N–H and O–H groups in total. The van der Waals surface area contributed by atoms with Gasteiger partial charge in [-0.2, -0.15) is 0 Å². The highest BCUT2D eigenvalue weighted by Gasteiger charge is 2.58. The number of carbonyl (C=O) groups excluding carboxylic acids is 2. The van der Waals surface area contributed by atoms with Gasteiger partial charge in [-0.25, -0.2) is 0 Å². The molecule has 3 aromatic rings. The number of esters is 2. The van der Waals surface area contributed by atoms with Crippen LogP contribution in [0.3, 0.4) is 0 Å². The molecule has 9 nitrogen and oxygen atoms in total. The lowest BCUT2D eigenvalue weighted by Gasteiger charge is -2.58. The molecule has 0 aromatic heterocycles. The molecule has 0 saturated heterocycles. The van der Waals surface area contributed by atoms with Gasteiger partial charge in [0.25, 0.3) is 0 Å². The number of aliphatic hydroxyl groups is 1. The second-order valence-electron chi connectivity index (χ2n) is 14.2. The third kappa shape index (κ3) is 6.93. The van der Waals surface area contributed by atoms with Gasteiger partial charge in [0.15, 0.2) is 23.0 Å². The van der Waals surface area contributed by atoms with Crippen molar-refractivity contribution in [1.29, 1.82) is 0 Å². The first-order valence-electron chi connectivity index (χ1n) is 17.5. The zero-order valence-electron chi connectivity index (χ0n) is 29.3. The Hall–Kier alpha value is -4.50. The van der Waals surface area contributed by atoms with Crippen LogP contribution >= 0.6 is 0 Å². The standard InChI is InChI=1S/C41H48O9/c1-24(43)49-31-20-33-32-22-39(48-4)35(45)17-29(32)15-27(11-8-14-42)40(33)41(13-12-26-9-6-5-7-10-26)23-30-18-36(46)38(47-3)19-28(30)16-34(41)37(21-31)50-25(2)44/h5-7,9-10,12-13,17-19,22,27,31,33-34,37,40,42,45-46H,8,11,14-16,20-21,23H2,1-4H3. The summed E-state index contributed by atoms with van der Waals surface area (Å²) in [5.41, 5.74) is 4.43. The molecule has 50 heavy (non-hydrogen) atoms. The van der Waals surface area contributed by atoms with Gasteiger partial charge in [-0.1, -0.05) is 42.5 Å². The Labute approximate surface area is 293 Å². The Bertz CT molecular complexity index is 1730. The number of aliphatic hydroxyl groups excluding tert-OH is 1. The smallest absolute Gasteiger partial charge is 0.302 e. The maximum atomic E-state index is 12.9. The van der Waals surface area contributed by atoms with E-state index >= 15 is 0 Å². The Morgan fingerprint density at radius 1 is 0.860 bits per heavy atom. The van der Waals surface area contributed by atoms with E-state index in [2.05, 4.69) is 24.3 Å². The molecule has 7 atom stereocenters. The average Bonchev–Trinajstić information content (AvgIpc) is 3.08. The minimum absolute atomic E-state index is 0.0353. The summed E-state index contributed by atoms with van der Waals surface area (Å²) in [6.07, 6.45) is 7.12. The molecule has 0 amide bonds. The van der Waals surface area contributed by atoms with E-state index in [1.165, 1.54) is 28.1 Å². The lowest BCUT2D eigenvalue weighted by atomic mass is 9.47. The van der Waals surface area contributed by atoms with Gasteiger partial charge in [0.1, 0.15) is 12.2 Å². The number of phenolic OH excluding ortho intramolecular Hbond substituents is 2. The van der Waals surface area contributed by atoms with Crippen molar-refractivity contribution in [3.8, 4) is 23.0 Å². The summed E-state index contributed by atoms with van der Waals surface area (Å²) >= 11 is 0. The number of phenols is 2. The van der Waals surface area contributed by atoms with E-state index in [0.29, 0.717) is 56.4 Å². The van der Waals surface area contributed by atoms with Crippen LogP contribution in [0.25, 0.3) is 6.08 Å². The van der Waals surface area contributed by atoms with E-state index in [9.17, 15) is 24.9 Å². The van der Waals surface area contributed by atoms with Crippen molar-refractivity contribution in [2.75, 3.05) is 20.8 Å². The van der Waals surface area contributed by atoms with Crippen molar-refractivity contribution in [2.24, 2.45) is 23.2 Å². The van der Waals surface area contributed by atoms with Crippen LogP contribution in [-0.2, 0) is 38.3 Å². The van der Waals surface area contributed by atoms with Crippen molar-refractivity contribution < 1.29 is 43.9 Å². The first-order valence-corrected chi connectivity index (χ1v) is 17.5. The topological polar surface area (TPSA) is 132 Å². The number of fused-ring (bicyclic) bond motifs is 6. The van der Waals surface area contributed by atoms with Crippen LogP contribution in [0.2, 0.25) is 0 Å². The third-order valence-corrected chi connectivity index (χ3v) is 11.2. The molecular formula is C41H48O9. The maximum absolute atomic E-state index is 12.9. The Morgan fingerprint density at radius 3 is 2.20 bits per heavy atom. The van der Waals surface area contributed by atoms with E-state index in [1.54, 1.807) is 12.1 Å². The van der Waals surface area contributed by atoms with Gasteiger partial charge in [-0.3, -0.25) is 9.59 Å². The quantitative estimate of drug-likeness (QED) is 0.215. The molecule has 7 unspecified atom stereocenters. The number of hydrogen-bond acceptors (Lipinski definition) is 9. The fourth-order valence-corrected chi connectivity index (χ4v) is 9.45. The van der Waals surface area contributed by atoms with Gasteiger partial charge in [0, 0.05) is 38.2 Å². The lowest BCUT2D eigenvalue weighted by Crippen LogP contribution is -2.56. The number of carbonyl (C=O) groups is 2. The molecule has 0 spiro atoms. The van der Waals surface area contributed by atoms with Crippen LogP contribution < -0.4 is 9.47 Å². The Balaban J connectivity index is 1.66. The largest absolute Gasteiger partial charge is 0.504 e. The number of benzene rings is 3. The van der Waals surface area contributed by atoms with Gasteiger partial charge in [-0.15, -0.1) is 0 Å². The van der Waals surface area contributed by atoms with Gasteiger partial charge < -0.3 is 34.3 Å². The molecule has 6 rings (SSSR count). The number of aromatic hydroxyl groups is 2. The third-order valence-electron chi connectivity index (χ3n) is 11.2. The van der Waals surface area contributed by atoms with Crippen LogP contribution in [-0.4, -0.2) is 60.3 Å². The summed E-state index contributed by atoms with van der Waals surface area (Å²) in [5.74, 6) is -0.400. The fourth-order valence-electron chi connectivity index (χ4n) is 9.45. The predicted octanol–water partition coefficient (Wildman–Crippen LogP) is 6.53. The molecule has 1 saturated carbocycles. The normalized spacial score (nSPS) is 27.1. The van der Waals surface area contributed by atoms with Crippen LogP contribution in [0, 0.1) is 23.2 Å². The molecule has 3 aliphatic rings. The molecule has 0 radical (unpaired) electrons. The lowest BCUT2D eigenvalue weighted by molar-refractivity contribution is -0.165. The molecule has 0 heterocycles. The minimum Gasteiger partial charge on any atom is -0.504 e. The van der Waals surface area contributed by atoms with E-state index in [-0.39, 0.29) is 41.8 Å². The zero-order valence-corrected chi connectivity index (χ0v) is 29.3.